The van der Waals surface area contributed by atoms with Crippen LogP contribution in [-0.2, 0) is 14.2 Å². The largest absolute Gasteiger partial charge is 0.389 e. The fourth-order valence-corrected chi connectivity index (χ4v) is 1.54. The number of hydrogen-bond acceptors (Lipinski definition) is 6. The van der Waals surface area contributed by atoms with Gasteiger partial charge in [0, 0.05) is 40.3 Å². The highest BCUT2D eigenvalue weighted by Crippen LogP contribution is 2.07. The molecular weight excluding hydrogens is 250 g/mol. The molecule has 0 aromatic rings. The lowest BCUT2D eigenvalue weighted by Gasteiger charge is -2.24. The molecule has 116 valence electrons. The number of hydrogen-bond donors (Lipinski definition) is 3. The zero-order chi connectivity index (χ0) is 14.7. The topological polar surface area (TPSA) is 80.2 Å². The average Bonchev–Trinajstić information content (AvgIpc) is 2.34. The number of aliphatic hydroxyl groups excluding tert-OH is 1. The Morgan fingerprint density at radius 1 is 1.21 bits per heavy atom. The van der Waals surface area contributed by atoms with Gasteiger partial charge in [-0.3, -0.25) is 0 Å². The first-order valence-corrected chi connectivity index (χ1v) is 6.62. The normalized spacial score (nSPS) is 18.0. The first kappa shape index (κ1) is 18.8. The summed E-state index contributed by atoms with van der Waals surface area (Å²) in [5.74, 6) is 0. The van der Waals surface area contributed by atoms with Crippen LogP contribution >= 0.6 is 0 Å². The summed E-state index contributed by atoms with van der Waals surface area (Å²) in [6, 6.07) is 0. The molecular formula is C13H29NO5. The van der Waals surface area contributed by atoms with Crippen molar-refractivity contribution < 1.29 is 24.4 Å². The molecule has 0 aliphatic rings. The van der Waals surface area contributed by atoms with Gasteiger partial charge in [0.1, 0.15) is 0 Å². The summed E-state index contributed by atoms with van der Waals surface area (Å²) in [6.45, 7) is 5.67. The molecule has 19 heavy (non-hydrogen) atoms. The highest BCUT2D eigenvalue weighted by Gasteiger charge is 2.19. The Morgan fingerprint density at radius 3 is 2.47 bits per heavy atom. The molecule has 0 aromatic heterocycles. The highest BCUT2D eigenvalue weighted by molar-refractivity contribution is 4.76. The number of ether oxygens (including phenoxy) is 3. The fourth-order valence-electron chi connectivity index (χ4n) is 1.54. The molecule has 0 heterocycles. The molecule has 6 heteroatoms. The minimum atomic E-state index is -0.833. The van der Waals surface area contributed by atoms with Crippen LogP contribution in [0.15, 0.2) is 0 Å². The Morgan fingerprint density at radius 2 is 1.89 bits per heavy atom. The van der Waals surface area contributed by atoms with E-state index in [1.165, 1.54) is 0 Å². The van der Waals surface area contributed by atoms with E-state index in [4.69, 9.17) is 14.2 Å². The third-order valence-corrected chi connectivity index (χ3v) is 2.71. The molecule has 0 aliphatic heterocycles. The van der Waals surface area contributed by atoms with E-state index in [-0.39, 0.29) is 12.7 Å². The van der Waals surface area contributed by atoms with E-state index in [1.807, 2.05) is 6.92 Å². The summed E-state index contributed by atoms with van der Waals surface area (Å²) in [5, 5.41) is 22.7. The maximum absolute atomic E-state index is 9.97. The molecule has 0 saturated heterocycles. The van der Waals surface area contributed by atoms with E-state index in [9.17, 15) is 10.2 Å². The second-order valence-corrected chi connectivity index (χ2v) is 5.12. The number of methoxy groups -OCH3 is 2. The number of aliphatic hydroxyl groups is 2. The second kappa shape index (κ2) is 10.5. The van der Waals surface area contributed by atoms with E-state index in [0.29, 0.717) is 32.7 Å². The smallest absolute Gasteiger partial charge is 0.0897 e. The lowest BCUT2D eigenvalue weighted by Crippen LogP contribution is -2.42. The van der Waals surface area contributed by atoms with Gasteiger partial charge in [0.05, 0.1) is 31.0 Å². The van der Waals surface area contributed by atoms with Gasteiger partial charge in [0.25, 0.3) is 0 Å². The van der Waals surface area contributed by atoms with Crippen LogP contribution in [0.3, 0.4) is 0 Å². The van der Waals surface area contributed by atoms with E-state index >= 15 is 0 Å². The van der Waals surface area contributed by atoms with Gasteiger partial charge in [0.15, 0.2) is 0 Å². The van der Waals surface area contributed by atoms with Gasteiger partial charge in [-0.05, 0) is 13.8 Å². The van der Waals surface area contributed by atoms with Crippen LogP contribution in [0.2, 0.25) is 0 Å². The van der Waals surface area contributed by atoms with Crippen molar-refractivity contribution in [2.24, 2.45) is 0 Å². The van der Waals surface area contributed by atoms with E-state index in [0.717, 1.165) is 0 Å². The minimum absolute atomic E-state index is 0.0375. The third kappa shape index (κ3) is 11.3. The summed E-state index contributed by atoms with van der Waals surface area (Å²) in [6.07, 6.45) is -0.0875. The molecule has 0 bridgehead atoms. The molecule has 0 fully saturated rings. The molecule has 0 aromatic carbocycles. The fraction of sp³-hybridized carbons (Fsp3) is 1.00. The standard InChI is InChI=1S/C13H29NO5/c1-11(8-18-4)19-9-12(15)7-14-10-13(2,16)5-6-17-3/h11-12,14-16H,5-10H2,1-4H3. The Kier molecular flexibility index (Phi) is 10.4. The maximum atomic E-state index is 9.97. The quantitative estimate of drug-likeness (QED) is 0.458. The summed E-state index contributed by atoms with van der Waals surface area (Å²) in [7, 11) is 3.21. The van der Waals surface area contributed by atoms with Gasteiger partial charge in [-0.1, -0.05) is 0 Å². The van der Waals surface area contributed by atoms with Gasteiger partial charge < -0.3 is 29.7 Å². The van der Waals surface area contributed by atoms with Crippen LogP contribution in [-0.4, -0.2) is 75.2 Å². The van der Waals surface area contributed by atoms with Crippen molar-refractivity contribution in [2.45, 2.75) is 38.1 Å². The van der Waals surface area contributed by atoms with E-state index in [2.05, 4.69) is 5.32 Å². The van der Waals surface area contributed by atoms with Crippen LogP contribution in [0.4, 0.5) is 0 Å². The third-order valence-electron chi connectivity index (χ3n) is 2.71. The van der Waals surface area contributed by atoms with Gasteiger partial charge in [-0.15, -0.1) is 0 Å². The van der Waals surface area contributed by atoms with Gasteiger partial charge in [0.2, 0.25) is 0 Å². The maximum Gasteiger partial charge on any atom is 0.0897 e. The van der Waals surface area contributed by atoms with Crippen LogP contribution in [0.25, 0.3) is 0 Å². The van der Waals surface area contributed by atoms with Crippen molar-refractivity contribution in [1.82, 2.24) is 5.32 Å². The molecule has 3 atom stereocenters. The van der Waals surface area contributed by atoms with Crippen molar-refractivity contribution >= 4 is 0 Å². The van der Waals surface area contributed by atoms with Crippen LogP contribution in [0.5, 0.6) is 0 Å². The van der Waals surface area contributed by atoms with Crippen molar-refractivity contribution in [1.29, 1.82) is 0 Å². The Bertz CT molecular complexity index is 213. The molecule has 0 aliphatic carbocycles. The number of rotatable bonds is 12. The summed E-state index contributed by atoms with van der Waals surface area (Å²) in [5.41, 5.74) is -0.833. The molecule has 3 N–H and O–H groups in total. The van der Waals surface area contributed by atoms with Crippen molar-refractivity contribution in [3.63, 3.8) is 0 Å². The predicted molar refractivity (Wildman–Crippen MR) is 73.3 cm³/mol. The van der Waals surface area contributed by atoms with Crippen molar-refractivity contribution in [2.75, 3.05) is 47.1 Å². The zero-order valence-corrected chi connectivity index (χ0v) is 12.5. The predicted octanol–water partition coefficient (Wildman–Crippen LogP) is -0.224. The van der Waals surface area contributed by atoms with E-state index in [1.54, 1.807) is 21.1 Å². The SMILES string of the molecule is COCCC(C)(O)CNCC(O)COC(C)COC. The summed E-state index contributed by atoms with van der Waals surface area (Å²) < 4.78 is 15.3. The van der Waals surface area contributed by atoms with Gasteiger partial charge in [-0.2, -0.15) is 0 Å². The van der Waals surface area contributed by atoms with Crippen LogP contribution in [0, 0.1) is 0 Å². The molecule has 0 amide bonds. The van der Waals surface area contributed by atoms with Gasteiger partial charge >= 0.3 is 0 Å². The zero-order valence-electron chi connectivity index (χ0n) is 12.5. The molecule has 3 unspecified atom stereocenters. The summed E-state index contributed by atoms with van der Waals surface area (Å²) in [4.78, 5) is 0. The summed E-state index contributed by atoms with van der Waals surface area (Å²) >= 11 is 0. The molecule has 0 spiro atoms. The van der Waals surface area contributed by atoms with Gasteiger partial charge in [-0.25, -0.2) is 0 Å². The minimum Gasteiger partial charge on any atom is -0.389 e. The molecule has 0 radical (unpaired) electrons. The number of nitrogens with one attached hydrogen (secondary N) is 1. The lowest BCUT2D eigenvalue weighted by molar-refractivity contribution is -0.0332. The Labute approximate surface area is 116 Å². The highest BCUT2D eigenvalue weighted by atomic mass is 16.5. The van der Waals surface area contributed by atoms with Crippen molar-refractivity contribution in [3.8, 4) is 0 Å². The van der Waals surface area contributed by atoms with Crippen LogP contribution in [0.1, 0.15) is 20.3 Å². The second-order valence-electron chi connectivity index (χ2n) is 5.12. The average molecular weight is 279 g/mol. The van der Waals surface area contributed by atoms with Crippen LogP contribution < -0.4 is 5.32 Å². The Balaban J connectivity index is 3.64. The monoisotopic (exact) mass is 279 g/mol. The lowest BCUT2D eigenvalue weighted by atomic mass is 10.0. The van der Waals surface area contributed by atoms with E-state index < -0.39 is 11.7 Å². The first-order valence-electron chi connectivity index (χ1n) is 6.62. The Hall–Kier alpha value is -0.240. The first-order chi connectivity index (χ1) is 8.91. The van der Waals surface area contributed by atoms with Crippen molar-refractivity contribution in [3.05, 3.63) is 0 Å². The molecule has 6 nitrogen and oxygen atoms in total. The molecule has 0 rings (SSSR count). The molecule has 0 saturated carbocycles.